The third-order valence-corrected chi connectivity index (χ3v) is 5.58. The quantitative estimate of drug-likeness (QED) is 0.546. The second-order valence-corrected chi connectivity index (χ2v) is 7.58. The first-order valence-electron chi connectivity index (χ1n) is 9.21. The summed E-state index contributed by atoms with van der Waals surface area (Å²) >= 11 is 1.50. The van der Waals surface area contributed by atoms with E-state index in [0.29, 0.717) is 19.6 Å². The zero-order valence-electron chi connectivity index (χ0n) is 16.4. The molecule has 3 rings (SSSR count). The molecule has 1 aromatic heterocycles. The third kappa shape index (κ3) is 7.12. The van der Waals surface area contributed by atoms with Gasteiger partial charge in [-0.1, -0.05) is 60.7 Å². The van der Waals surface area contributed by atoms with E-state index in [0.717, 1.165) is 28.4 Å². The van der Waals surface area contributed by atoms with Gasteiger partial charge in [0.05, 0.1) is 10.7 Å². The first kappa shape index (κ1) is 25.1. The van der Waals surface area contributed by atoms with Gasteiger partial charge in [-0.3, -0.25) is 4.79 Å². The van der Waals surface area contributed by atoms with Crippen molar-refractivity contribution in [1.29, 1.82) is 0 Å². The highest BCUT2D eigenvalue weighted by molar-refractivity contribution is 7.13. The summed E-state index contributed by atoms with van der Waals surface area (Å²) in [6.07, 6.45) is 1.57. The maximum absolute atomic E-state index is 13.1. The molecule has 0 fully saturated rings. The lowest BCUT2D eigenvalue weighted by molar-refractivity contribution is 0.0766. The minimum Gasteiger partial charge on any atom is -0.336 e. The number of hydrogen-bond donors (Lipinski definition) is 1. The Hall–Kier alpha value is -1.92. The molecule has 7 heteroatoms. The standard InChI is InChI=1S/C22H25N3OS.2ClH/c1-17-21(27-20(24-17)16-19-10-6-3-7-11-19)22(26)25(15-13-23)14-12-18-8-4-2-5-9-18;;/h2-11H,12-16,23H2,1H3;2*1H. The zero-order valence-corrected chi connectivity index (χ0v) is 18.9. The molecule has 0 atom stereocenters. The van der Waals surface area contributed by atoms with E-state index in [2.05, 4.69) is 29.2 Å². The summed E-state index contributed by atoms with van der Waals surface area (Å²) < 4.78 is 0. The number of aromatic nitrogens is 1. The van der Waals surface area contributed by atoms with E-state index in [9.17, 15) is 4.79 Å². The zero-order chi connectivity index (χ0) is 19.1. The highest BCUT2D eigenvalue weighted by Gasteiger charge is 2.21. The van der Waals surface area contributed by atoms with Crippen molar-refractivity contribution in [2.45, 2.75) is 19.8 Å². The van der Waals surface area contributed by atoms with Gasteiger partial charge in [-0.15, -0.1) is 36.2 Å². The summed E-state index contributed by atoms with van der Waals surface area (Å²) in [5, 5.41) is 0.970. The number of carbonyl (C=O) groups excluding carboxylic acids is 1. The molecule has 156 valence electrons. The molecule has 4 nitrogen and oxygen atoms in total. The number of hydrogen-bond acceptors (Lipinski definition) is 4. The summed E-state index contributed by atoms with van der Waals surface area (Å²) in [4.78, 5) is 20.3. The van der Waals surface area contributed by atoms with Gasteiger partial charge in [0, 0.05) is 26.1 Å². The Labute approximate surface area is 189 Å². The van der Waals surface area contributed by atoms with Gasteiger partial charge in [-0.05, 0) is 24.5 Å². The van der Waals surface area contributed by atoms with Crippen LogP contribution in [-0.2, 0) is 12.8 Å². The molecular formula is C22H27Cl2N3OS. The molecule has 0 radical (unpaired) electrons. The fourth-order valence-corrected chi connectivity index (χ4v) is 4.09. The number of nitrogens with zero attached hydrogens (tertiary/aromatic N) is 2. The van der Waals surface area contributed by atoms with Crippen molar-refractivity contribution in [3.05, 3.63) is 87.4 Å². The lowest BCUT2D eigenvalue weighted by Crippen LogP contribution is -2.36. The number of halogens is 2. The smallest absolute Gasteiger partial charge is 0.265 e. The van der Waals surface area contributed by atoms with Crippen LogP contribution in [0.25, 0.3) is 0 Å². The van der Waals surface area contributed by atoms with Crippen LogP contribution >= 0.6 is 36.2 Å². The molecule has 0 aliphatic rings. The molecule has 0 bridgehead atoms. The first-order chi connectivity index (χ1) is 13.2. The summed E-state index contributed by atoms with van der Waals surface area (Å²) in [5.41, 5.74) is 8.98. The predicted molar refractivity (Wildman–Crippen MR) is 126 cm³/mol. The summed E-state index contributed by atoms with van der Waals surface area (Å²) in [7, 11) is 0. The second kappa shape index (κ2) is 12.6. The van der Waals surface area contributed by atoms with Crippen molar-refractivity contribution in [3.63, 3.8) is 0 Å². The Balaban J connectivity index is 0.00000210. The number of rotatable bonds is 8. The van der Waals surface area contributed by atoms with Gasteiger partial charge in [0.25, 0.3) is 5.91 Å². The summed E-state index contributed by atoms with van der Waals surface area (Å²) in [5.74, 6) is 0.0330. The molecule has 0 spiro atoms. The van der Waals surface area contributed by atoms with Gasteiger partial charge in [0.1, 0.15) is 4.88 Å². The second-order valence-electron chi connectivity index (χ2n) is 6.50. The molecule has 2 N–H and O–H groups in total. The van der Waals surface area contributed by atoms with Gasteiger partial charge >= 0.3 is 0 Å². The number of benzene rings is 2. The average Bonchev–Trinajstić information content (AvgIpc) is 3.06. The van der Waals surface area contributed by atoms with Crippen LogP contribution in [0.15, 0.2) is 60.7 Å². The predicted octanol–water partition coefficient (Wildman–Crippen LogP) is 4.53. The lowest BCUT2D eigenvalue weighted by Gasteiger charge is -2.21. The maximum Gasteiger partial charge on any atom is 0.265 e. The van der Waals surface area contributed by atoms with Crippen LogP contribution in [0, 0.1) is 6.92 Å². The van der Waals surface area contributed by atoms with Crippen molar-refractivity contribution < 1.29 is 4.79 Å². The minimum atomic E-state index is 0. The average molecular weight is 452 g/mol. The van der Waals surface area contributed by atoms with Crippen LogP contribution in [0.4, 0.5) is 0 Å². The first-order valence-corrected chi connectivity index (χ1v) is 10.0. The number of thiazole rings is 1. The van der Waals surface area contributed by atoms with E-state index in [1.54, 1.807) is 0 Å². The largest absolute Gasteiger partial charge is 0.336 e. The molecule has 0 aliphatic carbocycles. The fraction of sp³-hybridized carbons (Fsp3) is 0.273. The molecular weight excluding hydrogens is 425 g/mol. The Kier molecular flexibility index (Phi) is 10.9. The van der Waals surface area contributed by atoms with Crippen LogP contribution in [0.2, 0.25) is 0 Å². The molecule has 29 heavy (non-hydrogen) atoms. The van der Waals surface area contributed by atoms with Crippen LogP contribution in [0.1, 0.15) is 31.5 Å². The van der Waals surface area contributed by atoms with Crippen molar-refractivity contribution in [2.24, 2.45) is 5.73 Å². The van der Waals surface area contributed by atoms with E-state index in [1.165, 1.54) is 22.5 Å². The SMILES string of the molecule is Cc1nc(Cc2ccccc2)sc1C(=O)N(CCN)CCc1ccccc1.Cl.Cl. The van der Waals surface area contributed by atoms with Crippen LogP contribution < -0.4 is 5.73 Å². The minimum absolute atomic E-state index is 0. The van der Waals surface area contributed by atoms with Crippen molar-refractivity contribution in [1.82, 2.24) is 9.88 Å². The van der Waals surface area contributed by atoms with Crippen molar-refractivity contribution in [3.8, 4) is 0 Å². The van der Waals surface area contributed by atoms with Gasteiger partial charge in [-0.25, -0.2) is 4.98 Å². The summed E-state index contributed by atoms with van der Waals surface area (Å²) in [6, 6.07) is 20.4. The Morgan fingerprint density at radius 1 is 0.966 bits per heavy atom. The van der Waals surface area contributed by atoms with Crippen LogP contribution in [0.5, 0.6) is 0 Å². The number of amides is 1. The number of carbonyl (C=O) groups is 1. The van der Waals surface area contributed by atoms with E-state index in [1.807, 2.05) is 48.2 Å². The van der Waals surface area contributed by atoms with Gasteiger partial charge < -0.3 is 10.6 Å². The van der Waals surface area contributed by atoms with E-state index >= 15 is 0 Å². The van der Waals surface area contributed by atoms with Crippen LogP contribution in [0.3, 0.4) is 0 Å². The van der Waals surface area contributed by atoms with Crippen molar-refractivity contribution >= 4 is 42.1 Å². The maximum atomic E-state index is 13.1. The number of aryl methyl sites for hydroxylation is 1. The summed E-state index contributed by atoms with van der Waals surface area (Å²) in [6.45, 7) is 3.58. The highest BCUT2D eigenvalue weighted by atomic mass is 35.5. The topological polar surface area (TPSA) is 59.2 Å². The third-order valence-electron chi connectivity index (χ3n) is 4.43. The fourth-order valence-electron chi connectivity index (χ4n) is 3.02. The molecule has 0 aliphatic heterocycles. The Morgan fingerprint density at radius 2 is 1.55 bits per heavy atom. The molecule has 3 aromatic rings. The molecule has 2 aromatic carbocycles. The Morgan fingerprint density at radius 3 is 2.14 bits per heavy atom. The van der Waals surface area contributed by atoms with Gasteiger partial charge in [0.2, 0.25) is 0 Å². The number of nitrogens with two attached hydrogens (primary N) is 1. The van der Waals surface area contributed by atoms with E-state index < -0.39 is 0 Å². The molecule has 1 amide bonds. The normalized spacial score (nSPS) is 10.0. The lowest BCUT2D eigenvalue weighted by atomic mass is 10.1. The monoisotopic (exact) mass is 451 g/mol. The molecule has 1 heterocycles. The van der Waals surface area contributed by atoms with Gasteiger partial charge in [0.15, 0.2) is 0 Å². The van der Waals surface area contributed by atoms with Gasteiger partial charge in [-0.2, -0.15) is 0 Å². The van der Waals surface area contributed by atoms with E-state index in [4.69, 9.17) is 5.73 Å². The van der Waals surface area contributed by atoms with E-state index in [-0.39, 0.29) is 30.7 Å². The highest BCUT2D eigenvalue weighted by Crippen LogP contribution is 2.22. The molecule has 0 saturated carbocycles. The van der Waals surface area contributed by atoms with Crippen LogP contribution in [-0.4, -0.2) is 35.4 Å². The van der Waals surface area contributed by atoms with Crippen molar-refractivity contribution in [2.75, 3.05) is 19.6 Å². The molecule has 0 unspecified atom stereocenters. The molecule has 0 saturated heterocycles. The Bertz CT molecular complexity index is 872.